The van der Waals surface area contributed by atoms with E-state index in [9.17, 15) is 4.79 Å². The van der Waals surface area contributed by atoms with E-state index >= 15 is 0 Å². The molecule has 3 N–H and O–H groups in total. The maximum absolute atomic E-state index is 12.3. The van der Waals surface area contributed by atoms with E-state index in [0.29, 0.717) is 23.2 Å². The van der Waals surface area contributed by atoms with Gasteiger partial charge < -0.3 is 10.6 Å². The van der Waals surface area contributed by atoms with Gasteiger partial charge in [0.25, 0.3) is 5.91 Å². The molecule has 0 spiro atoms. The summed E-state index contributed by atoms with van der Waals surface area (Å²) in [6, 6.07) is 0. The van der Waals surface area contributed by atoms with Crippen LogP contribution >= 0.6 is 0 Å². The molecule has 0 bridgehead atoms. The van der Waals surface area contributed by atoms with Crippen molar-refractivity contribution in [3.63, 3.8) is 0 Å². The van der Waals surface area contributed by atoms with Gasteiger partial charge in [-0.2, -0.15) is 5.10 Å². The van der Waals surface area contributed by atoms with E-state index in [1.165, 1.54) is 31.9 Å². The van der Waals surface area contributed by atoms with Gasteiger partial charge in [0.05, 0.1) is 11.9 Å². The zero-order valence-corrected chi connectivity index (χ0v) is 9.85. The Morgan fingerprint density at radius 2 is 1.94 bits per heavy atom. The number of aromatic amines is 1. The summed E-state index contributed by atoms with van der Waals surface area (Å²) >= 11 is 0. The lowest BCUT2D eigenvalue weighted by Gasteiger charge is -2.22. The van der Waals surface area contributed by atoms with Crippen molar-refractivity contribution in [2.75, 3.05) is 18.8 Å². The van der Waals surface area contributed by atoms with E-state index in [1.54, 1.807) is 0 Å². The van der Waals surface area contributed by atoms with Crippen molar-refractivity contribution >= 4 is 11.6 Å². The summed E-state index contributed by atoms with van der Waals surface area (Å²) in [5, 5.41) is 6.52. The van der Waals surface area contributed by atoms with Crippen LogP contribution in [-0.4, -0.2) is 34.1 Å². The van der Waals surface area contributed by atoms with Gasteiger partial charge in [-0.3, -0.25) is 9.89 Å². The molecule has 1 aromatic rings. The Morgan fingerprint density at radius 1 is 1.35 bits per heavy atom. The van der Waals surface area contributed by atoms with Crippen molar-refractivity contribution in [2.45, 2.75) is 25.7 Å². The zero-order chi connectivity index (χ0) is 11.8. The number of nitrogens with zero attached hydrogens (tertiary/aromatic N) is 2. The molecular formula is C12H18N4O. The van der Waals surface area contributed by atoms with E-state index in [4.69, 9.17) is 5.73 Å². The molecule has 0 aliphatic heterocycles. The minimum Gasteiger partial charge on any atom is -0.396 e. The largest absolute Gasteiger partial charge is 0.396 e. The Bertz CT molecular complexity index is 406. The number of aromatic nitrogens is 2. The van der Waals surface area contributed by atoms with Crippen LogP contribution in [-0.2, 0) is 0 Å². The highest BCUT2D eigenvalue weighted by Crippen LogP contribution is 2.34. The summed E-state index contributed by atoms with van der Waals surface area (Å²) in [5.41, 5.74) is 6.63. The molecular weight excluding hydrogens is 216 g/mol. The standard InChI is InChI=1S/C12H18N4O/c13-10-5-14-15-11(10)12(17)16(6-8-1-2-8)7-9-3-4-9/h5,8-9H,1-4,6-7,13H2,(H,14,15). The predicted octanol–water partition coefficient (Wildman–Crippen LogP) is 1.25. The Labute approximate surface area is 100 Å². The SMILES string of the molecule is Nc1cn[nH]c1C(=O)N(CC1CC1)CC1CC1. The molecule has 2 aliphatic carbocycles. The Kier molecular flexibility index (Phi) is 2.53. The highest BCUT2D eigenvalue weighted by Gasteiger charge is 2.32. The van der Waals surface area contributed by atoms with Crippen LogP contribution in [0.2, 0.25) is 0 Å². The summed E-state index contributed by atoms with van der Waals surface area (Å²) in [5.74, 6) is 1.43. The molecule has 1 aromatic heterocycles. The molecule has 17 heavy (non-hydrogen) atoms. The molecule has 0 radical (unpaired) electrons. The lowest BCUT2D eigenvalue weighted by Crippen LogP contribution is -2.35. The van der Waals surface area contributed by atoms with Crippen LogP contribution in [0, 0.1) is 11.8 Å². The summed E-state index contributed by atoms with van der Waals surface area (Å²) in [4.78, 5) is 14.3. The van der Waals surface area contributed by atoms with Gasteiger partial charge in [0.2, 0.25) is 0 Å². The summed E-state index contributed by atoms with van der Waals surface area (Å²) < 4.78 is 0. The first-order valence-electron chi connectivity index (χ1n) is 6.32. The van der Waals surface area contributed by atoms with Gasteiger partial charge in [-0.05, 0) is 37.5 Å². The quantitative estimate of drug-likeness (QED) is 0.805. The number of carbonyl (C=O) groups is 1. The Hall–Kier alpha value is -1.52. The molecule has 5 nitrogen and oxygen atoms in total. The molecule has 5 heteroatoms. The van der Waals surface area contributed by atoms with E-state index < -0.39 is 0 Å². The molecule has 0 unspecified atom stereocenters. The van der Waals surface area contributed by atoms with E-state index in [1.807, 2.05) is 4.90 Å². The zero-order valence-electron chi connectivity index (χ0n) is 9.85. The molecule has 0 saturated heterocycles. The van der Waals surface area contributed by atoms with Crippen LogP contribution in [0.1, 0.15) is 36.2 Å². The number of nitrogen functional groups attached to an aromatic ring is 1. The number of nitrogens with two attached hydrogens (primary N) is 1. The van der Waals surface area contributed by atoms with Gasteiger partial charge >= 0.3 is 0 Å². The summed E-state index contributed by atoms with van der Waals surface area (Å²) in [6.45, 7) is 1.77. The topological polar surface area (TPSA) is 75.0 Å². The third kappa shape index (κ3) is 2.43. The minimum atomic E-state index is 0.0128. The van der Waals surface area contributed by atoms with Gasteiger partial charge in [0.1, 0.15) is 5.69 Å². The second-order valence-electron chi connectivity index (χ2n) is 5.30. The van der Waals surface area contributed by atoms with Crippen LogP contribution in [0.4, 0.5) is 5.69 Å². The van der Waals surface area contributed by atoms with Gasteiger partial charge in [0, 0.05) is 13.1 Å². The first-order chi connectivity index (χ1) is 8.24. The molecule has 2 fully saturated rings. The smallest absolute Gasteiger partial charge is 0.274 e. The lowest BCUT2D eigenvalue weighted by atomic mass is 10.2. The number of anilines is 1. The average molecular weight is 234 g/mol. The molecule has 1 amide bonds. The molecule has 92 valence electrons. The minimum absolute atomic E-state index is 0.0128. The highest BCUT2D eigenvalue weighted by atomic mass is 16.2. The van der Waals surface area contributed by atoms with Crippen molar-refractivity contribution < 1.29 is 4.79 Å². The first-order valence-corrected chi connectivity index (χ1v) is 6.32. The van der Waals surface area contributed by atoms with Crippen molar-refractivity contribution in [3.8, 4) is 0 Å². The number of hydrogen-bond acceptors (Lipinski definition) is 3. The molecule has 2 saturated carbocycles. The van der Waals surface area contributed by atoms with Gasteiger partial charge in [-0.25, -0.2) is 0 Å². The Balaban J connectivity index is 1.71. The molecule has 0 aromatic carbocycles. The second kappa shape index (κ2) is 4.05. The van der Waals surface area contributed by atoms with Crippen LogP contribution < -0.4 is 5.73 Å². The van der Waals surface area contributed by atoms with Gasteiger partial charge in [-0.15, -0.1) is 0 Å². The highest BCUT2D eigenvalue weighted by molar-refractivity contribution is 5.97. The number of amides is 1. The van der Waals surface area contributed by atoms with Gasteiger partial charge in [-0.1, -0.05) is 0 Å². The number of H-pyrrole nitrogens is 1. The fourth-order valence-corrected chi connectivity index (χ4v) is 2.09. The monoisotopic (exact) mass is 234 g/mol. The van der Waals surface area contributed by atoms with E-state index in [0.717, 1.165) is 13.1 Å². The number of nitrogens with one attached hydrogen (secondary N) is 1. The Morgan fingerprint density at radius 3 is 2.35 bits per heavy atom. The fourth-order valence-electron chi connectivity index (χ4n) is 2.09. The lowest BCUT2D eigenvalue weighted by molar-refractivity contribution is 0.0734. The number of hydrogen-bond donors (Lipinski definition) is 2. The molecule has 3 rings (SSSR count). The van der Waals surface area contributed by atoms with Crippen molar-refractivity contribution in [1.82, 2.24) is 15.1 Å². The second-order valence-corrected chi connectivity index (χ2v) is 5.30. The predicted molar refractivity (Wildman–Crippen MR) is 64.4 cm³/mol. The van der Waals surface area contributed by atoms with E-state index in [2.05, 4.69) is 10.2 Å². The third-order valence-electron chi connectivity index (χ3n) is 3.52. The molecule has 1 heterocycles. The number of carbonyl (C=O) groups excluding carboxylic acids is 1. The number of rotatable bonds is 5. The van der Waals surface area contributed by atoms with Crippen molar-refractivity contribution in [2.24, 2.45) is 11.8 Å². The van der Waals surface area contributed by atoms with Crippen LogP contribution in [0.15, 0.2) is 6.20 Å². The van der Waals surface area contributed by atoms with Gasteiger partial charge in [0.15, 0.2) is 0 Å². The van der Waals surface area contributed by atoms with E-state index in [-0.39, 0.29) is 5.91 Å². The first kappa shape index (κ1) is 10.6. The van der Waals surface area contributed by atoms with Crippen LogP contribution in [0.3, 0.4) is 0 Å². The van der Waals surface area contributed by atoms with Crippen molar-refractivity contribution in [3.05, 3.63) is 11.9 Å². The normalized spacial score (nSPS) is 19.3. The van der Waals surface area contributed by atoms with Crippen molar-refractivity contribution in [1.29, 1.82) is 0 Å². The fraction of sp³-hybridized carbons (Fsp3) is 0.667. The maximum atomic E-state index is 12.3. The summed E-state index contributed by atoms with van der Waals surface area (Å²) in [7, 11) is 0. The third-order valence-corrected chi connectivity index (χ3v) is 3.52. The average Bonchev–Trinajstić information content (AvgIpc) is 3.21. The maximum Gasteiger partial charge on any atom is 0.274 e. The van der Waals surface area contributed by atoms with Crippen LogP contribution in [0.25, 0.3) is 0 Å². The van der Waals surface area contributed by atoms with Crippen LogP contribution in [0.5, 0.6) is 0 Å². The molecule has 0 atom stereocenters. The molecule has 2 aliphatic rings. The summed E-state index contributed by atoms with van der Waals surface area (Å²) in [6.07, 6.45) is 6.53.